The Hall–Kier alpha value is -2.19. The topological polar surface area (TPSA) is 83.7 Å². The molecule has 0 bridgehead atoms. The van der Waals surface area contributed by atoms with Crippen LogP contribution in [0.15, 0.2) is 39.8 Å². The zero-order valence-corrected chi connectivity index (χ0v) is 16.0. The van der Waals surface area contributed by atoms with Crippen molar-refractivity contribution in [3.63, 3.8) is 0 Å². The van der Waals surface area contributed by atoms with Crippen LogP contribution in [0.1, 0.15) is 24.3 Å². The number of anilines is 1. The van der Waals surface area contributed by atoms with Gasteiger partial charge in [-0.15, -0.1) is 0 Å². The van der Waals surface area contributed by atoms with E-state index in [1.54, 1.807) is 25.8 Å². The lowest BCUT2D eigenvalue weighted by Gasteiger charge is -2.32. The average Bonchev–Trinajstić information content (AvgIpc) is 3.00. The maximum Gasteiger partial charge on any atom is 0.248 e. The van der Waals surface area contributed by atoms with Gasteiger partial charge in [-0.3, -0.25) is 4.79 Å². The summed E-state index contributed by atoms with van der Waals surface area (Å²) < 4.78 is 32.1. The van der Waals surface area contributed by atoms with Crippen molar-refractivity contribution in [3.05, 3.63) is 41.8 Å². The molecule has 2 heterocycles. The highest BCUT2D eigenvalue weighted by Gasteiger charge is 2.36. The molecule has 0 spiro atoms. The Bertz CT molecular complexity index is 865. The fraction of sp³-hybridized carbons (Fsp3) is 0.444. The quantitative estimate of drug-likeness (QED) is 0.817. The summed E-state index contributed by atoms with van der Waals surface area (Å²) >= 11 is 0. The molecule has 1 saturated heterocycles. The van der Waals surface area contributed by atoms with Gasteiger partial charge >= 0.3 is 0 Å². The van der Waals surface area contributed by atoms with Crippen LogP contribution in [0.4, 0.5) is 5.69 Å². The van der Waals surface area contributed by atoms with Crippen LogP contribution in [0, 0.1) is 19.8 Å². The minimum atomic E-state index is -3.65. The normalized spacial score (nSPS) is 16.6. The summed E-state index contributed by atoms with van der Waals surface area (Å²) in [6, 6.07) is 9.44. The maximum atomic E-state index is 12.9. The van der Waals surface area contributed by atoms with Crippen LogP contribution < -0.4 is 4.90 Å². The van der Waals surface area contributed by atoms with Gasteiger partial charge in [-0.05, 0) is 38.8 Å². The molecule has 7 nitrogen and oxygen atoms in total. The molecule has 1 aliphatic rings. The number of hydrogen-bond donors (Lipinski definition) is 0. The number of sulfonamides is 1. The molecule has 0 N–H and O–H groups in total. The Morgan fingerprint density at radius 1 is 1.19 bits per heavy atom. The summed E-state index contributed by atoms with van der Waals surface area (Å²) in [5.74, 6) is 0.131. The predicted molar refractivity (Wildman–Crippen MR) is 97.3 cm³/mol. The van der Waals surface area contributed by atoms with Gasteiger partial charge in [0, 0.05) is 31.7 Å². The maximum absolute atomic E-state index is 12.9. The molecule has 0 atom stereocenters. The molecule has 1 amide bonds. The van der Waals surface area contributed by atoms with Crippen molar-refractivity contribution in [2.24, 2.45) is 5.92 Å². The first kappa shape index (κ1) is 18.6. The van der Waals surface area contributed by atoms with Crippen LogP contribution in [0.25, 0.3) is 0 Å². The Morgan fingerprint density at radius 3 is 2.35 bits per heavy atom. The molecule has 1 aromatic heterocycles. The van der Waals surface area contributed by atoms with Crippen LogP contribution in [0.5, 0.6) is 0 Å². The molecule has 0 radical (unpaired) electrons. The first-order chi connectivity index (χ1) is 12.3. The number of para-hydroxylation sites is 1. The van der Waals surface area contributed by atoms with E-state index in [4.69, 9.17) is 4.52 Å². The SMILES string of the molecule is Cc1noc(C)c1S(=O)(=O)N1CCC(C(=O)N(C)c2ccccc2)CC1. The van der Waals surface area contributed by atoms with Gasteiger partial charge in [0.05, 0.1) is 0 Å². The Balaban J connectivity index is 1.68. The number of aromatic nitrogens is 1. The van der Waals surface area contributed by atoms with Crippen molar-refractivity contribution in [1.29, 1.82) is 0 Å². The van der Waals surface area contributed by atoms with Gasteiger partial charge in [0.2, 0.25) is 15.9 Å². The van der Waals surface area contributed by atoms with Gasteiger partial charge < -0.3 is 9.42 Å². The zero-order valence-electron chi connectivity index (χ0n) is 15.2. The number of carbonyl (C=O) groups excluding carboxylic acids is 1. The molecular formula is C18H23N3O4S. The van der Waals surface area contributed by atoms with E-state index in [1.165, 1.54) is 4.31 Å². The Morgan fingerprint density at radius 2 is 1.81 bits per heavy atom. The highest BCUT2D eigenvalue weighted by molar-refractivity contribution is 7.89. The lowest BCUT2D eigenvalue weighted by atomic mass is 9.96. The van der Waals surface area contributed by atoms with Gasteiger partial charge in [0.25, 0.3) is 0 Å². The smallest absolute Gasteiger partial charge is 0.248 e. The van der Waals surface area contributed by atoms with Gasteiger partial charge in [-0.1, -0.05) is 23.4 Å². The molecule has 3 rings (SSSR count). The molecule has 1 aliphatic heterocycles. The van der Waals surface area contributed by atoms with Gasteiger partial charge in [0.15, 0.2) is 5.76 Å². The first-order valence-corrected chi connectivity index (χ1v) is 10.0. The van der Waals surface area contributed by atoms with E-state index < -0.39 is 10.0 Å². The zero-order chi connectivity index (χ0) is 18.9. The second-order valence-corrected chi connectivity index (χ2v) is 8.44. The molecule has 8 heteroatoms. The third-order valence-corrected chi connectivity index (χ3v) is 6.99. The van der Waals surface area contributed by atoms with E-state index in [-0.39, 0.29) is 16.7 Å². The van der Waals surface area contributed by atoms with Crippen LogP contribution in [0.3, 0.4) is 0 Å². The third kappa shape index (κ3) is 3.39. The molecule has 0 aliphatic carbocycles. The lowest BCUT2D eigenvalue weighted by Crippen LogP contribution is -2.43. The monoisotopic (exact) mass is 377 g/mol. The van der Waals surface area contributed by atoms with Crippen molar-refractivity contribution in [1.82, 2.24) is 9.46 Å². The molecule has 1 aromatic carbocycles. The number of benzene rings is 1. The van der Waals surface area contributed by atoms with E-state index in [2.05, 4.69) is 5.16 Å². The average molecular weight is 377 g/mol. The number of carbonyl (C=O) groups is 1. The molecular weight excluding hydrogens is 354 g/mol. The summed E-state index contributed by atoms with van der Waals surface area (Å²) in [6.45, 7) is 3.84. The fourth-order valence-electron chi connectivity index (χ4n) is 3.37. The minimum absolute atomic E-state index is 0.0191. The molecule has 2 aromatic rings. The fourth-order valence-corrected chi connectivity index (χ4v) is 5.13. The number of hydrogen-bond acceptors (Lipinski definition) is 5. The second kappa shape index (κ2) is 7.20. The second-order valence-electron chi connectivity index (χ2n) is 6.56. The van der Waals surface area contributed by atoms with Crippen molar-refractivity contribution in [3.8, 4) is 0 Å². The van der Waals surface area contributed by atoms with Crippen molar-refractivity contribution in [2.45, 2.75) is 31.6 Å². The summed E-state index contributed by atoms with van der Waals surface area (Å²) in [6.07, 6.45) is 0.997. The van der Waals surface area contributed by atoms with Crippen molar-refractivity contribution in [2.75, 3.05) is 25.0 Å². The number of nitrogens with zero attached hydrogens (tertiary/aromatic N) is 3. The van der Waals surface area contributed by atoms with Crippen LogP contribution in [-0.2, 0) is 14.8 Å². The summed E-state index contributed by atoms with van der Waals surface area (Å²) in [4.78, 5) is 14.5. The first-order valence-electron chi connectivity index (χ1n) is 8.58. The van der Waals surface area contributed by atoms with Gasteiger partial charge in [-0.2, -0.15) is 4.31 Å². The third-order valence-electron chi connectivity index (χ3n) is 4.84. The predicted octanol–water partition coefficient (Wildman–Crippen LogP) is 2.36. The van der Waals surface area contributed by atoms with E-state index in [9.17, 15) is 13.2 Å². The van der Waals surface area contributed by atoms with Crippen molar-refractivity contribution < 1.29 is 17.7 Å². The number of piperidine rings is 1. The highest BCUT2D eigenvalue weighted by atomic mass is 32.2. The highest BCUT2D eigenvalue weighted by Crippen LogP contribution is 2.29. The van der Waals surface area contributed by atoms with Crippen LogP contribution in [0.2, 0.25) is 0 Å². The summed E-state index contributed by atoms with van der Waals surface area (Å²) in [5.41, 5.74) is 1.20. The van der Waals surface area contributed by atoms with Gasteiger partial charge in [0.1, 0.15) is 10.6 Å². The Labute approximate surface area is 153 Å². The molecule has 0 unspecified atom stereocenters. The molecule has 26 heavy (non-hydrogen) atoms. The summed E-state index contributed by atoms with van der Waals surface area (Å²) in [5, 5.41) is 3.74. The minimum Gasteiger partial charge on any atom is -0.360 e. The van der Waals surface area contributed by atoms with Crippen LogP contribution in [-0.4, -0.2) is 43.9 Å². The summed E-state index contributed by atoms with van der Waals surface area (Å²) in [7, 11) is -1.89. The molecule has 1 fully saturated rings. The van der Waals surface area contributed by atoms with E-state index in [1.807, 2.05) is 30.3 Å². The standard InChI is InChI=1S/C18H23N3O4S/c1-13-17(14(2)25-19-13)26(23,24)21-11-9-15(10-12-21)18(22)20(3)16-7-5-4-6-8-16/h4-8,15H,9-12H2,1-3H3. The van der Waals surface area contributed by atoms with Gasteiger partial charge in [-0.25, -0.2) is 8.42 Å². The largest absolute Gasteiger partial charge is 0.360 e. The molecule has 140 valence electrons. The number of amides is 1. The van der Waals surface area contributed by atoms with Crippen molar-refractivity contribution >= 4 is 21.6 Å². The number of aryl methyl sites for hydroxylation is 2. The Kier molecular flexibility index (Phi) is 5.15. The number of rotatable bonds is 4. The van der Waals surface area contributed by atoms with E-state index in [0.29, 0.717) is 37.4 Å². The van der Waals surface area contributed by atoms with E-state index in [0.717, 1.165) is 5.69 Å². The lowest BCUT2D eigenvalue weighted by molar-refractivity contribution is -0.123. The van der Waals surface area contributed by atoms with E-state index >= 15 is 0 Å². The van der Waals surface area contributed by atoms with Crippen LogP contribution >= 0.6 is 0 Å². The molecule has 0 saturated carbocycles.